The minimum atomic E-state index is 0.140. The quantitative estimate of drug-likeness (QED) is 0.779. The van der Waals surface area contributed by atoms with Gasteiger partial charge >= 0.3 is 0 Å². The molecule has 21 heavy (non-hydrogen) atoms. The smallest absolute Gasteiger partial charge is 0.258 e. The molecule has 2 aromatic carbocycles. The number of hydrogen-bond acceptors (Lipinski definition) is 4. The molecule has 1 aromatic heterocycles. The zero-order valence-electron chi connectivity index (χ0n) is 10.8. The lowest BCUT2D eigenvalue weighted by Gasteiger charge is -2.03. The van der Waals surface area contributed by atoms with Gasteiger partial charge in [0.1, 0.15) is 5.75 Å². The molecule has 3 aromatic rings. The molecule has 0 atom stereocenters. The first-order chi connectivity index (χ1) is 10.1. The van der Waals surface area contributed by atoms with Crippen LogP contribution in [-0.4, -0.2) is 15.2 Å². The molecule has 0 amide bonds. The largest absolute Gasteiger partial charge is 0.508 e. The van der Waals surface area contributed by atoms with E-state index in [-0.39, 0.29) is 5.75 Å². The number of nitrogens with zero attached hydrogens (tertiary/aromatic N) is 2. The molecule has 3 rings (SSSR count). The van der Waals surface area contributed by atoms with Crippen LogP contribution in [0.15, 0.2) is 47.0 Å². The highest BCUT2D eigenvalue weighted by Gasteiger charge is 2.13. The third kappa shape index (κ3) is 3.01. The molecule has 0 bridgehead atoms. The lowest BCUT2D eigenvalue weighted by atomic mass is 10.1. The molecule has 6 heteroatoms. The van der Waals surface area contributed by atoms with Gasteiger partial charge in [0, 0.05) is 22.0 Å². The van der Waals surface area contributed by atoms with Crippen molar-refractivity contribution in [2.75, 3.05) is 0 Å². The first kappa shape index (κ1) is 13.9. The van der Waals surface area contributed by atoms with Crippen LogP contribution in [0.3, 0.4) is 0 Å². The fraction of sp³-hybridized carbons (Fsp3) is 0.0667. The molecule has 1 heterocycles. The van der Waals surface area contributed by atoms with Gasteiger partial charge in [0.2, 0.25) is 0 Å². The van der Waals surface area contributed by atoms with Crippen LogP contribution in [0.2, 0.25) is 10.0 Å². The molecular weight excluding hydrogens is 311 g/mol. The molecule has 0 fully saturated rings. The summed E-state index contributed by atoms with van der Waals surface area (Å²) in [4.78, 5) is 4.29. The SMILES string of the molecule is Oc1cccc(-c2nc(Cc3c(Cl)cccc3Cl)no2)c1. The van der Waals surface area contributed by atoms with Crippen LogP contribution in [0, 0.1) is 0 Å². The van der Waals surface area contributed by atoms with Gasteiger partial charge in [0.15, 0.2) is 5.82 Å². The summed E-state index contributed by atoms with van der Waals surface area (Å²) in [5, 5.41) is 14.5. The van der Waals surface area contributed by atoms with Gasteiger partial charge < -0.3 is 9.63 Å². The van der Waals surface area contributed by atoms with Gasteiger partial charge in [-0.3, -0.25) is 0 Å². The second-order valence-corrected chi connectivity index (χ2v) is 5.26. The van der Waals surface area contributed by atoms with E-state index >= 15 is 0 Å². The first-order valence-electron chi connectivity index (χ1n) is 6.18. The van der Waals surface area contributed by atoms with Crippen molar-refractivity contribution in [1.82, 2.24) is 10.1 Å². The van der Waals surface area contributed by atoms with Crippen LogP contribution >= 0.6 is 23.2 Å². The predicted octanol–water partition coefficient (Wildman–Crippen LogP) is 4.34. The van der Waals surface area contributed by atoms with Crippen LogP contribution in [-0.2, 0) is 6.42 Å². The zero-order valence-corrected chi connectivity index (χ0v) is 12.3. The highest BCUT2D eigenvalue weighted by Crippen LogP contribution is 2.27. The van der Waals surface area contributed by atoms with E-state index in [1.165, 1.54) is 0 Å². The molecule has 0 radical (unpaired) electrons. The van der Waals surface area contributed by atoms with Crippen molar-refractivity contribution in [1.29, 1.82) is 0 Å². The van der Waals surface area contributed by atoms with Crippen LogP contribution in [0.4, 0.5) is 0 Å². The van der Waals surface area contributed by atoms with Gasteiger partial charge in [-0.25, -0.2) is 0 Å². The predicted molar refractivity (Wildman–Crippen MR) is 80.7 cm³/mol. The third-order valence-electron chi connectivity index (χ3n) is 2.96. The van der Waals surface area contributed by atoms with Crippen molar-refractivity contribution in [2.45, 2.75) is 6.42 Å². The topological polar surface area (TPSA) is 59.2 Å². The van der Waals surface area contributed by atoms with Gasteiger partial charge in [-0.1, -0.05) is 40.5 Å². The van der Waals surface area contributed by atoms with Crippen molar-refractivity contribution in [3.63, 3.8) is 0 Å². The molecule has 0 spiro atoms. The highest BCUT2D eigenvalue weighted by atomic mass is 35.5. The fourth-order valence-electron chi connectivity index (χ4n) is 1.94. The summed E-state index contributed by atoms with van der Waals surface area (Å²) < 4.78 is 5.20. The van der Waals surface area contributed by atoms with Crippen molar-refractivity contribution in [3.8, 4) is 17.2 Å². The van der Waals surface area contributed by atoms with Crippen LogP contribution in [0.1, 0.15) is 11.4 Å². The third-order valence-corrected chi connectivity index (χ3v) is 3.67. The van der Waals surface area contributed by atoms with Gasteiger partial charge in [0.25, 0.3) is 5.89 Å². The molecule has 0 saturated carbocycles. The van der Waals surface area contributed by atoms with E-state index in [1.807, 2.05) is 0 Å². The van der Waals surface area contributed by atoms with E-state index in [1.54, 1.807) is 42.5 Å². The molecular formula is C15H10Cl2N2O2. The minimum Gasteiger partial charge on any atom is -0.508 e. The number of aromatic nitrogens is 2. The number of halogens is 2. The van der Waals surface area contributed by atoms with Gasteiger partial charge in [-0.05, 0) is 35.9 Å². The number of phenolic OH excluding ortho intramolecular Hbond substituents is 1. The van der Waals surface area contributed by atoms with Crippen molar-refractivity contribution in [3.05, 3.63) is 63.9 Å². The summed E-state index contributed by atoms with van der Waals surface area (Å²) in [5.41, 5.74) is 1.41. The Bertz CT molecular complexity index is 767. The summed E-state index contributed by atoms with van der Waals surface area (Å²) in [7, 11) is 0. The fourth-order valence-corrected chi connectivity index (χ4v) is 2.47. The van der Waals surface area contributed by atoms with Gasteiger partial charge in [-0.15, -0.1) is 0 Å². The summed E-state index contributed by atoms with van der Waals surface area (Å²) in [6.45, 7) is 0. The maximum absolute atomic E-state index is 9.46. The molecule has 0 unspecified atom stereocenters. The van der Waals surface area contributed by atoms with E-state index in [9.17, 15) is 5.11 Å². The zero-order chi connectivity index (χ0) is 14.8. The molecule has 0 aliphatic carbocycles. The number of rotatable bonds is 3. The monoisotopic (exact) mass is 320 g/mol. The summed E-state index contributed by atoms with van der Waals surface area (Å²) in [6.07, 6.45) is 0.376. The molecule has 1 N–H and O–H groups in total. The first-order valence-corrected chi connectivity index (χ1v) is 6.94. The maximum atomic E-state index is 9.46. The van der Waals surface area contributed by atoms with Crippen molar-refractivity contribution >= 4 is 23.2 Å². The Labute approximate surface area is 130 Å². The molecule has 0 saturated heterocycles. The Hall–Kier alpha value is -2.04. The normalized spacial score (nSPS) is 10.8. The lowest BCUT2D eigenvalue weighted by Crippen LogP contribution is -1.93. The standard InChI is InChI=1S/C15H10Cl2N2O2/c16-12-5-2-6-13(17)11(12)8-14-18-15(21-19-14)9-3-1-4-10(20)7-9/h1-7,20H,8H2. The van der Waals surface area contributed by atoms with Crippen molar-refractivity contribution in [2.24, 2.45) is 0 Å². The highest BCUT2D eigenvalue weighted by molar-refractivity contribution is 6.36. The summed E-state index contributed by atoms with van der Waals surface area (Å²) in [5.74, 6) is 0.953. The van der Waals surface area contributed by atoms with Crippen LogP contribution in [0.5, 0.6) is 5.75 Å². The Kier molecular flexibility index (Phi) is 3.82. The van der Waals surface area contributed by atoms with E-state index in [2.05, 4.69) is 10.1 Å². The Morgan fingerprint density at radius 2 is 1.76 bits per heavy atom. The number of benzene rings is 2. The van der Waals surface area contributed by atoms with E-state index in [4.69, 9.17) is 27.7 Å². The van der Waals surface area contributed by atoms with Crippen molar-refractivity contribution < 1.29 is 9.63 Å². The average Bonchev–Trinajstić information content (AvgIpc) is 2.92. The van der Waals surface area contributed by atoms with Crippen LogP contribution in [0.25, 0.3) is 11.5 Å². The summed E-state index contributed by atoms with van der Waals surface area (Å²) >= 11 is 12.2. The Balaban J connectivity index is 1.89. The minimum absolute atomic E-state index is 0.140. The van der Waals surface area contributed by atoms with E-state index in [0.717, 1.165) is 5.56 Å². The number of phenols is 1. The second-order valence-electron chi connectivity index (χ2n) is 4.44. The molecule has 4 nitrogen and oxygen atoms in total. The molecule has 106 valence electrons. The second kappa shape index (κ2) is 5.76. The van der Waals surface area contributed by atoms with Gasteiger partial charge in [-0.2, -0.15) is 4.98 Å². The Morgan fingerprint density at radius 1 is 1.05 bits per heavy atom. The van der Waals surface area contributed by atoms with E-state index in [0.29, 0.717) is 33.7 Å². The van der Waals surface area contributed by atoms with E-state index < -0.39 is 0 Å². The number of aromatic hydroxyl groups is 1. The molecule has 0 aliphatic rings. The lowest BCUT2D eigenvalue weighted by molar-refractivity contribution is 0.423. The maximum Gasteiger partial charge on any atom is 0.258 e. The Morgan fingerprint density at radius 3 is 2.48 bits per heavy atom. The molecule has 0 aliphatic heterocycles. The van der Waals surface area contributed by atoms with Gasteiger partial charge in [0.05, 0.1) is 0 Å². The average molecular weight is 321 g/mol. The van der Waals surface area contributed by atoms with Crippen LogP contribution < -0.4 is 0 Å². The summed E-state index contributed by atoms with van der Waals surface area (Å²) in [6, 6.07) is 11.9. The number of hydrogen-bond donors (Lipinski definition) is 1.